The summed E-state index contributed by atoms with van der Waals surface area (Å²) in [6, 6.07) is 10.7. The Kier molecular flexibility index (Phi) is 6.47. The van der Waals surface area contributed by atoms with Crippen LogP contribution in [0.15, 0.2) is 42.7 Å². The van der Waals surface area contributed by atoms with Gasteiger partial charge in [0.25, 0.3) is 0 Å². The lowest BCUT2D eigenvalue weighted by molar-refractivity contribution is 0.260. The first-order valence-corrected chi connectivity index (χ1v) is 9.77. The third-order valence-electron chi connectivity index (χ3n) is 4.76. The molecule has 3 heterocycles. The average molecular weight is 379 g/mol. The van der Waals surface area contributed by atoms with Gasteiger partial charge in [-0.1, -0.05) is 0 Å². The van der Waals surface area contributed by atoms with Gasteiger partial charge in [-0.25, -0.2) is 4.98 Å². The summed E-state index contributed by atoms with van der Waals surface area (Å²) < 4.78 is 8.01. The van der Waals surface area contributed by atoms with Gasteiger partial charge < -0.3 is 14.2 Å². The van der Waals surface area contributed by atoms with Gasteiger partial charge in [0.15, 0.2) is 0 Å². The fourth-order valence-electron chi connectivity index (χ4n) is 3.29. The van der Waals surface area contributed by atoms with Gasteiger partial charge in [-0.2, -0.15) is 0 Å². The van der Waals surface area contributed by atoms with Crippen LogP contribution in [0.3, 0.4) is 0 Å². The maximum Gasteiger partial charge on any atom is 0.137 e. The highest BCUT2D eigenvalue weighted by Crippen LogP contribution is 2.18. The molecule has 0 unspecified atom stereocenters. The van der Waals surface area contributed by atoms with E-state index in [0.29, 0.717) is 6.61 Å². The van der Waals surface area contributed by atoms with Crippen molar-refractivity contribution >= 4 is 0 Å². The highest BCUT2D eigenvalue weighted by Gasteiger charge is 2.08. The summed E-state index contributed by atoms with van der Waals surface area (Å²) in [5.41, 5.74) is 5.90. The maximum atomic E-state index is 5.80. The molecule has 0 spiro atoms. The van der Waals surface area contributed by atoms with Crippen LogP contribution in [0, 0.1) is 20.8 Å². The number of aromatic nitrogens is 3. The molecule has 5 nitrogen and oxygen atoms in total. The van der Waals surface area contributed by atoms with Crippen molar-refractivity contribution in [1.82, 2.24) is 19.4 Å². The number of pyridine rings is 2. The molecule has 0 fully saturated rings. The molecule has 3 aromatic rings. The van der Waals surface area contributed by atoms with Gasteiger partial charge in [-0.05, 0) is 89.2 Å². The summed E-state index contributed by atoms with van der Waals surface area (Å²) in [5, 5.41) is 0. The highest BCUT2D eigenvalue weighted by atomic mass is 16.5. The van der Waals surface area contributed by atoms with Gasteiger partial charge in [-0.3, -0.25) is 4.98 Å². The Morgan fingerprint density at radius 1 is 0.964 bits per heavy atom. The maximum absolute atomic E-state index is 5.80. The lowest BCUT2D eigenvalue weighted by Gasteiger charge is -2.12. The summed E-state index contributed by atoms with van der Waals surface area (Å²) >= 11 is 0. The first kappa shape index (κ1) is 20.1. The molecule has 148 valence electrons. The minimum absolute atomic E-state index is 0.663. The lowest BCUT2D eigenvalue weighted by Crippen LogP contribution is -2.19. The Morgan fingerprint density at radius 3 is 2.43 bits per heavy atom. The minimum atomic E-state index is 0.663. The summed E-state index contributed by atoms with van der Waals surface area (Å²) in [6.45, 7) is 7.91. The second kappa shape index (κ2) is 9.02. The second-order valence-electron chi connectivity index (χ2n) is 7.63. The second-order valence-corrected chi connectivity index (χ2v) is 7.63. The van der Waals surface area contributed by atoms with Crippen molar-refractivity contribution in [3.8, 4) is 11.6 Å². The number of ether oxygens (including phenoxy) is 1. The smallest absolute Gasteiger partial charge is 0.137 e. The highest BCUT2D eigenvalue weighted by molar-refractivity contribution is 5.36. The van der Waals surface area contributed by atoms with Crippen molar-refractivity contribution in [3.63, 3.8) is 0 Å². The number of hydrogen-bond acceptors (Lipinski definition) is 4. The van der Waals surface area contributed by atoms with E-state index < -0.39 is 0 Å². The van der Waals surface area contributed by atoms with E-state index in [-0.39, 0.29) is 0 Å². The molecule has 0 amide bonds. The average Bonchev–Trinajstić information content (AvgIpc) is 2.98. The van der Waals surface area contributed by atoms with Crippen LogP contribution in [0.2, 0.25) is 0 Å². The first-order valence-electron chi connectivity index (χ1n) is 9.77. The van der Waals surface area contributed by atoms with Crippen molar-refractivity contribution in [3.05, 3.63) is 70.9 Å². The molecule has 0 saturated carbocycles. The molecule has 0 aliphatic heterocycles. The molecule has 0 atom stereocenters. The van der Waals surface area contributed by atoms with Gasteiger partial charge >= 0.3 is 0 Å². The minimum Gasteiger partial charge on any atom is -0.491 e. The van der Waals surface area contributed by atoms with Crippen molar-refractivity contribution in [2.45, 2.75) is 33.6 Å². The van der Waals surface area contributed by atoms with Crippen LogP contribution in [0.5, 0.6) is 5.75 Å². The molecule has 0 aliphatic rings. The molecule has 0 aromatic carbocycles. The lowest BCUT2D eigenvalue weighted by atomic mass is 10.1. The van der Waals surface area contributed by atoms with E-state index in [2.05, 4.69) is 65.6 Å². The van der Waals surface area contributed by atoms with Crippen LogP contribution in [0.25, 0.3) is 5.82 Å². The number of hydrogen-bond donors (Lipinski definition) is 0. The molecule has 3 rings (SSSR count). The Morgan fingerprint density at radius 2 is 1.71 bits per heavy atom. The van der Waals surface area contributed by atoms with Crippen LogP contribution < -0.4 is 4.74 Å². The number of aryl methyl sites for hydroxylation is 5. The molecule has 3 aromatic heterocycles. The third-order valence-corrected chi connectivity index (χ3v) is 4.76. The quantitative estimate of drug-likeness (QED) is 0.596. The van der Waals surface area contributed by atoms with Crippen LogP contribution in [-0.2, 0) is 12.8 Å². The predicted octanol–water partition coefficient (Wildman–Crippen LogP) is 3.92. The number of nitrogens with zero attached hydrogens (tertiary/aromatic N) is 4. The van der Waals surface area contributed by atoms with Crippen molar-refractivity contribution in [1.29, 1.82) is 0 Å². The van der Waals surface area contributed by atoms with E-state index in [4.69, 9.17) is 9.72 Å². The Labute approximate surface area is 168 Å². The zero-order chi connectivity index (χ0) is 20.1. The van der Waals surface area contributed by atoms with Crippen LogP contribution in [-0.4, -0.2) is 46.7 Å². The van der Waals surface area contributed by atoms with Crippen LogP contribution >= 0.6 is 0 Å². The van der Waals surface area contributed by atoms with Gasteiger partial charge in [0.1, 0.15) is 18.2 Å². The third kappa shape index (κ3) is 5.20. The molecule has 0 radical (unpaired) electrons. The molecule has 0 saturated heterocycles. The van der Waals surface area contributed by atoms with Crippen LogP contribution in [0.4, 0.5) is 0 Å². The van der Waals surface area contributed by atoms with Crippen LogP contribution in [0.1, 0.15) is 28.2 Å². The van der Waals surface area contributed by atoms with Gasteiger partial charge in [0.2, 0.25) is 0 Å². The standard InChI is InChI=1S/C23H30N4O/c1-17-12-21(25-23(13-17)27-18(2)6-7-19(27)3)9-8-20-14-22(16-24-15-20)28-11-10-26(4)5/h6-7,12-16H,8-11H2,1-5H3. The van der Waals surface area contributed by atoms with E-state index >= 15 is 0 Å². The fourth-order valence-corrected chi connectivity index (χ4v) is 3.29. The topological polar surface area (TPSA) is 43.2 Å². The largest absolute Gasteiger partial charge is 0.491 e. The summed E-state index contributed by atoms with van der Waals surface area (Å²) in [7, 11) is 4.08. The van der Waals surface area contributed by atoms with E-state index in [1.54, 1.807) is 6.20 Å². The normalized spacial score (nSPS) is 11.2. The van der Waals surface area contributed by atoms with E-state index in [0.717, 1.165) is 36.6 Å². The first-order chi connectivity index (χ1) is 13.4. The Hall–Kier alpha value is -2.66. The Bertz CT molecular complexity index is 911. The fraction of sp³-hybridized carbons (Fsp3) is 0.391. The number of rotatable bonds is 8. The van der Waals surface area contributed by atoms with Gasteiger partial charge in [-0.15, -0.1) is 0 Å². The zero-order valence-electron chi connectivity index (χ0n) is 17.6. The molecule has 28 heavy (non-hydrogen) atoms. The molecule has 5 heteroatoms. The van der Waals surface area contributed by atoms with Gasteiger partial charge in [0, 0.05) is 29.8 Å². The summed E-state index contributed by atoms with van der Waals surface area (Å²) in [5.74, 6) is 1.82. The molecular formula is C23H30N4O. The molecular weight excluding hydrogens is 348 g/mol. The SMILES string of the molecule is Cc1cc(CCc2cncc(OCCN(C)C)c2)nc(-n2c(C)ccc2C)c1. The van der Waals surface area contributed by atoms with Crippen molar-refractivity contribution < 1.29 is 4.74 Å². The van der Waals surface area contributed by atoms with E-state index in [9.17, 15) is 0 Å². The monoisotopic (exact) mass is 378 g/mol. The van der Waals surface area contributed by atoms with E-state index in [1.165, 1.54) is 22.5 Å². The van der Waals surface area contributed by atoms with Gasteiger partial charge in [0.05, 0.1) is 6.20 Å². The van der Waals surface area contributed by atoms with Crippen molar-refractivity contribution in [2.75, 3.05) is 27.2 Å². The summed E-state index contributed by atoms with van der Waals surface area (Å²) in [4.78, 5) is 11.3. The number of likely N-dealkylation sites (N-methyl/N-ethyl adjacent to an activating group) is 1. The zero-order valence-corrected chi connectivity index (χ0v) is 17.6. The van der Waals surface area contributed by atoms with Crippen molar-refractivity contribution in [2.24, 2.45) is 0 Å². The predicted molar refractivity (Wildman–Crippen MR) is 113 cm³/mol. The molecule has 0 bridgehead atoms. The van der Waals surface area contributed by atoms with E-state index in [1.807, 2.05) is 20.3 Å². The Balaban J connectivity index is 1.70. The molecule has 0 aliphatic carbocycles. The summed E-state index contributed by atoms with van der Waals surface area (Å²) in [6.07, 6.45) is 5.45. The molecule has 0 N–H and O–H groups in total.